The third-order valence-electron chi connectivity index (χ3n) is 3.12. The molecule has 0 spiro atoms. The summed E-state index contributed by atoms with van der Waals surface area (Å²) >= 11 is 0. The summed E-state index contributed by atoms with van der Waals surface area (Å²) in [6.45, 7) is 5.67. The molecule has 1 amide bonds. The lowest BCUT2D eigenvalue weighted by atomic mass is 10.2. The van der Waals surface area contributed by atoms with Gasteiger partial charge in [0.1, 0.15) is 5.75 Å². The van der Waals surface area contributed by atoms with E-state index >= 15 is 0 Å². The van der Waals surface area contributed by atoms with Gasteiger partial charge in [-0.1, -0.05) is 0 Å². The van der Waals surface area contributed by atoms with Gasteiger partial charge in [0.05, 0.1) is 23.2 Å². The van der Waals surface area contributed by atoms with Crippen LogP contribution in [-0.2, 0) is 9.53 Å². The van der Waals surface area contributed by atoms with Crippen molar-refractivity contribution in [3.05, 3.63) is 12.1 Å². The van der Waals surface area contributed by atoms with E-state index in [1.54, 1.807) is 6.07 Å². The number of carbonyl (C=O) groups is 1. The number of rotatable bonds is 7. The Morgan fingerprint density at radius 3 is 3.00 bits per heavy atom. The average Bonchev–Trinajstić information content (AvgIpc) is 2.43. The number of anilines is 3. The van der Waals surface area contributed by atoms with Gasteiger partial charge in [-0.15, -0.1) is 0 Å². The van der Waals surface area contributed by atoms with Crippen molar-refractivity contribution in [2.24, 2.45) is 0 Å². The quantitative estimate of drug-likeness (QED) is 0.530. The van der Waals surface area contributed by atoms with Gasteiger partial charge in [-0.05, 0) is 32.8 Å². The smallest absolute Gasteiger partial charge is 0.262 e. The first-order valence-electron chi connectivity index (χ1n) is 7.28. The minimum Gasteiger partial charge on any atom is -0.482 e. The Balaban J connectivity index is 1.83. The van der Waals surface area contributed by atoms with Gasteiger partial charge >= 0.3 is 0 Å². The maximum Gasteiger partial charge on any atom is 0.262 e. The standard InChI is InChI=1S/C15H23N3O3/c1-10(2)20-6-4-3-5-17-12-8-13-14(7-11(12)16)21-9-15(19)18-13/h7-8,10,17H,3-6,9,16H2,1-2H3,(H,18,19). The summed E-state index contributed by atoms with van der Waals surface area (Å²) in [6, 6.07) is 3.55. The van der Waals surface area contributed by atoms with Crippen molar-refractivity contribution in [2.45, 2.75) is 32.8 Å². The van der Waals surface area contributed by atoms with E-state index in [9.17, 15) is 4.79 Å². The van der Waals surface area contributed by atoms with Crippen LogP contribution in [0.15, 0.2) is 12.1 Å². The van der Waals surface area contributed by atoms with Crippen molar-refractivity contribution in [3.63, 3.8) is 0 Å². The molecule has 1 aromatic carbocycles. The van der Waals surface area contributed by atoms with Gasteiger partial charge in [-0.25, -0.2) is 0 Å². The molecule has 0 atom stereocenters. The van der Waals surface area contributed by atoms with Crippen molar-refractivity contribution in [1.82, 2.24) is 0 Å². The van der Waals surface area contributed by atoms with E-state index in [2.05, 4.69) is 10.6 Å². The highest BCUT2D eigenvalue weighted by atomic mass is 16.5. The van der Waals surface area contributed by atoms with Crippen LogP contribution < -0.4 is 21.1 Å². The zero-order chi connectivity index (χ0) is 15.2. The number of hydrogen-bond donors (Lipinski definition) is 3. The number of nitrogens with one attached hydrogen (secondary N) is 2. The molecule has 4 N–H and O–H groups in total. The second-order valence-corrected chi connectivity index (χ2v) is 5.33. The van der Waals surface area contributed by atoms with E-state index in [4.69, 9.17) is 15.2 Å². The molecular formula is C15H23N3O3. The van der Waals surface area contributed by atoms with Crippen LogP contribution in [0.5, 0.6) is 5.75 Å². The third-order valence-corrected chi connectivity index (χ3v) is 3.12. The van der Waals surface area contributed by atoms with Crippen LogP contribution in [0, 0.1) is 0 Å². The van der Waals surface area contributed by atoms with Crippen molar-refractivity contribution in [3.8, 4) is 5.75 Å². The molecule has 0 saturated heterocycles. The number of hydrogen-bond acceptors (Lipinski definition) is 5. The van der Waals surface area contributed by atoms with E-state index in [-0.39, 0.29) is 18.6 Å². The largest absolute Gasteiger partial charge is 0.482 e. The fourth-order valence-corrected chi connectivity index (χ4v) is 2.06. The number of fused-ring (bicyclic) bond motifs is 1. The molecule has 1 aliphatic heterocycles. The molecule has 6 heteroatoms. The van der Waals surface area contributed by atoms with Gasteiger partial charge in [0.25, 0.3) is 5.91 Å². The number of unbranched alkanes of at least 4 members (excludes halogenated alkanes) is 1. The lowest BCUT2D eigenvalue weighted by molar-refractivity contribution is -0.118. The minimum absolute atomic E-state index is 0.0368. The highest BCUT2D eigenvalue weighted by Gasteiger charge is 2.17. The molecule has 0 saturated carbocycles. The van der Waals surface area contributed by atoms with Gasteiger partial charge in [-0.3, -0.25) is 4.79 Å². The molecular weight excluding hydrogens is 270 g/mol. The van der Waals surface area contributed by atoms with Crippen LogP contribution in [0.2, 0.25) is 0 Å². The fraction of sp³-hybridized carbons (Fsp3) is 0.533. The number of benzene rings is 1. The van der Waals surface area contributed by atoms with Crippen molar-refractivity contribution >= 4 is 23.0 Å². The Labute approximate surface area is 125 Å². The van der Waals surface area contributed by atoms with Crippen molar-refractivity contribution < 1.29 is 14.3 Å². The van der Waals surface area contributed by atoms with Gasteiger partial charge < -0.3 is 25.8 Å². The Bertz CT molecular complexity index is 503. The van der Waals surface area contributed by atoms with Crippen LogP contribution in [-0.4, -0.2) is 31.8 Å². The molecule has 2 rings (SSSR count). The maximum atomic E-state index is 11.3. The molecule has 1 aliphatic rings. The minimum atomic E-state index is -0.149. The zero-order valence-corrected chi connectivity index (χ0v) is 12.6. The molecule has 0 bridgehead atoms. The zero-order valence-electron chi connectivity index (χ0n) is 12.6. The fourth-order valence-electron chi connectivity index (χ4n) is 2.06. The van der Waals surface area contributed by atoms with E-state index in [1.165, 1.54) is 0 Å². The molecule has 0 aromatic heterocycles. The normalized spacial score (nSPS) is 13.6. The van der Waals surface area contributed by atoms with Crippen LogP contribution in [0.25, 0.3) is 0 Å². The summed E-state index contributed by atoms with van der Waals surface area (Å²) in [5, 5.41) is 6.05. The van der Waals surface area contributed by atoms with Gasteiger partial charge in [0.15, 0.2) is 6.61 Å². The summed E-state index contributed by atoms with van der Waals surface area (Å²) in [5.41, 5.74) is 8.06. The molecule has 1 heterocycles. The van der Waals surface area contributed by atoms with E-state index < -0.39 is 0 Å². The van der Waals surface area contributed by atoms with Crippen LogP contribution >= 0.6 is 0 Å². The molecule has 0 unspecified atom stereocenters. The SMILES string of the molecule is CC(C)OCCCCNc1cc2c(cc1N)OCC(=O)N2. The van der Waals surface area contributed by atoms with E-state index in [0.29, 0.717) is 17.1 Å². The molecule has 0 radical (unpaired) electrons. The average molecular weight is 293 g/mol. The summed E-state index contributed by atoms with van der Waals surface area (Å²) in [5.74, 6) is 0.465. The monoisotopic (exact) mass is 293 g/mol. The van der Waals surface area contributed by atoms with Crippen LogP contribution in [0.1, 0.15) is 26.7 Å². The van der Waals surface area contributed by atoms with E-state index in [1.807, 2.05) is 19.9 Å². The second kappa shape index (κ2) is 7.17. The Kier molecular flexibility index (Phi) is 5.27. The van der Waals surface area contributed by atoms with Crippen molar-refractivity contribution in [2.75, 3.05) is 36.1 Å². The Morgan fingerprint density at radius 2 is 2.24 bits per heavy atom. The summed E-state index contributed by atoms with van der Waals surface area (Å²) < 4.78 is 10.8. The lowest BCUT2D eigenvalue weighted by Crippen LogP contribution is -2.25. The summed E-state index contributed by atoms with van der Waals surface area (Å²) in [6.07, 6.45) is 2.26. The van der Waals surface area contributed by atoms with Gasteiger partial charge in [0.2, 0.25) is 0 Å². The predicted molar refractivity (Wildman–Crippen MR) is 83.8 cm³/mol. The third kappa shape index (κ3) is 4.53. The first-order chi connectivity index (χ1) is 10.1. The molecule has 0 fully saturated rings. The summed E-state index contributed by atoms with van der Waals surface area (Å²) in [7, 11) is 0. The number of ether oxygens (including phenoxy) is 2. The molecule has 21 heavy (non-hydrogen) atoms. The number of nitrogens with two attached hydrogens (primary N) is 1. The second-order valence-electron chi connectivity index (χ2n) is 5.33. The van der Waals surface area contributed by atoms with Gasteiger partial charge in [0, 0.05) is 19.2 Å². The predicted octanol–water partition coefficient (Wildman–Crippen LogP) is 2.22. The number of nitrogen functional groups attached to an aromatic ring is 1. The Morgan fingerprint density at radius 1 is 1.43 bits per heavy atom. The first kappa shape index (κ1) is 15.4. The lowest BCUT2D eigenvalue weighted by Gasteiger charge is -2.20. The molecule has 6 nitrogen and oxygen atoms in total. The molecule has 0 aliphatic carbocycles. The van der Waals surface area contributed by atoms with Crippen molar-refractivity contribution in [1.29, 1.82) is 0 Å². The van der Waals surface area contributed by atoms with Gasteiger partial charge in [-0.2, -0.15) is 0 Å². The highest BCUT2D eigenvalue weighted by molar-refractivity contribution is 5.97. The van der Waals surface area contributed by atoms with Crippen LogP contribution in [0.4, 0.5) is 17.1 Å². The molecule has 1 aromatic rings. The first-order valence-corrected chi connectivity index (χ1v) is 7.28. The topological polar surface area (TPSA) is 85.6 Å². The number of amides is 1. The van der Waals surface area contributed by atoms with Crippen LogP contribution in [0.3, 0.4) is 0 Å². The molecule has 116 valence electrons. The number of carbonyl (C=O) groups excluding carboxylic acids is 1. The highest BCUT2D eigenvalue weighted by Crippen LogP contribution is 2.35. The van der Waals surface area contributed by atoms with E-state index in [0.717, 1.165) is 31.7 Å². The summed E-state index contributed by atoms with van der Waals surface area (Å²) in [4.78, 5) is 11.3. The Hall–Kier alpha value is -1.95. The maximum absolute atomic E-state index is 11.3.